The van der Waals surface area contributed by atoms with Crippen molar-refractivity contribution in [3.63, 3.8) is 0 Å². The molecule has 0 bridgehead atoms. The van der Waals surface area contributed by atoms with Crippen LogP contribution in [-0.2, 0) is 26.2 Å². The summed E-state index contributed by atoms with van der Waals surface area (Å²) in [6, 6.07) is 24.7. The van der Waals surface area contributed by atoms with Crippen molar-refractivity contribution in [3.05, 3.63) is 93.7 Å². The Morgan fingerprint density at radius 3 is 1.46 bits per heavy atom. The molecule has 1 heterocycles. The molecule has 0 N–H and O–H groups in total. The van der Waals surface area contributed by atoms with Gasteiger partial charge in [-0.2, -0.15) is 0 Å². The van der Waals surface area contributed by atoms with Crippen LogP contribution in [-0.4, -0.2) is 12.4 Å². The van der Waals surface area contributed by atoms with E-state index < -0.39 is 0 Å². The van der Waals surface area contributed by atoms with Gasteiger partial charge in [0.25, 0.3) is 0 Å². The zero-order valence-electron chi connectivity index (χ0n) is 13.9. The number of nitrogens with zero attached hydrogens (tertiary/aromatic N) is 2. The zero-order valence-corrected chi connectivity index (χ0v) is 17.3. The molecule has 26 heavy (non-hydrogen) atoms. The van der Waals surface area contributed by atoms with Crippen molar-refractivity contribution in [3.8, 4) is 0 Å². The van der Waals surface area contributed by atoms with E-state index in [0.29, 0.717) is 0 Å². The molecule has 2 nitrogen and oxygen atoms in total. The molecule has 0 aliphatic carbocycles. The van der Waals surface area contributed by atoms with Crippen molar-refractivity contribution in [2.45, 2.75) is 13.1 Å². The molecule has 0 amide bonds. The summed E-state index contributed by atoms with van der Waals surface area (Å²) in [6.07, 6.45) is 3.87. The Bertz CT molecular complexity index is 739. The van der Waals surface area contributed by atoms with Crippen LogP contribution < -0.4 is 0 Å². The second-order valence-corrected chi connectivity index (χ2v) is 8.17. The number of halogens is 2. The van der Waals surface area contributed by atoms with E-state index in [4.69, 9.17) is 20.2 Å². The molecular formula is C20H18Cl2FeN2S. The van der Waals surface area contributed by atoms with Crippen LogP contribution in [0.5, 0.6) is 0 Å². The molecule has 0 aliphatic heterocycles. The molecule has 0 saturated heterocycles. The first-order chi connectivity index (χ1) is 12.8. The predicted molar refractivity (Wildman–Crippen MR) is 112 cm³/mol. The molecule has 0 atom stereocenters. The Labute approximate surface area is 173 Å². The summed E-state index contributed by atoms with van der Waals surface area (Å²) in [5, 5.41) is 0. The number of aliphatic imine (C=N–C) groups is 2. The van der Waals surface area contributed by atoms with Crippen LogP contribution in [0.3, 0.4) is 0 Å². The van der Waals surface area contributed by atoms with Crippen LogP contribution in [0.25, 0.3) is 0 Å². The topological polar surface area (TPSA) is 24.7 Å². The summed E-state index contributed by atoms with van der Waals surface area (Å²) in [5.74, 6) is 0. The van der Waals surface area contributed by atoms with E-state index in [9.17, 15) is 0 Å². The molecule has 0 fully saturated rings. The third kappa shape index (κ3) is 8.31. The van der Waals surface area contributed by atoms with Gasteiger partial charge < -0.3 is 0 Å². The van der Waals surface area contributed by atoms with Gasteiger partial charge in [0.1, 0.15) is 0 Å². The minimum atomic E-state index is 0.194. The third-order valence-electron chi connectivity index (χ3n) is 3.32. The van der Waals surface area contributed by atoms with Gasteiger partial charge in [0, 0.05) is 22.2 Å². The summed E-state index contributed by atoms with van der Waals surface area (Å²) in [5.41, 5.74) is 2.45. The number of hydrogen-bond donors (Lipinski definition) is 0. The first kappa shape index (κ1) is 20.9. The molecule has 2 aromatic carbocycles. The maximum absolute atomic E-state index is 4.76. The first-order valence-corrected chi connectivity index (χ1v) is 11.7. The zero-order chi connectivity index (χ0) is 18.5. The van der Waals surface area contributed by atoms with Gasteiger partial charge in [-0.1, -0.05) is 60.7 Å². The fraction of sp³-hybridized carbons (Fsp3) is 0.100. The SMILES string of the molecule is C(=NCc1ccccc1)c1ccc(C=NCc2ccccc2)s1.[Cl][Fe][Cl]. The van der Waals surface area contributed by atoms with Gasteiger partial charge in [-0.25, -0.2) is 0 Å². The Morgan fingerprint density at radius 2 is 1.08 bits per heavy atom. The van der Waals surface area contributed by atoms with Crippen molar-refractivity contribution < 1.29 is 13.1 Å². The van der Waals surface area contributed by atoms with E-state index in [-0.39, 0.29) is 13.1 Å². The standard InChI is InChI=1S/C20H18N2S.2ClH.Fe/c1-3-7-17(8-4-1)13-21-15-19-11-12-20(23-19)16-22-14-18-9-5-2-6-10-18;;;/h1-12,15-16H,13-14H2;2*1H;/q;;;+2/p-2. The van der Waals surface area contributed by atoms with Gasteiger partial charge in [0.15, 0.2) is 0 Å². The molecule has 0 saturated carbocycles. The van der Waals surface area contributed by atoms with Gasteiger partial charge in [0.2, 0.25) is 0 Å². The Hall–Kier alpha value is -1.42. The number of benzene rings is 2. The summed E-state index contributed by atoms with van der Waals surface area (Å²) in [7, 11) is 9.53. The van der Waals surface area contributed by atoms with Crippen molar-refractivity contribution in [2.24, 2.45) is 9.98 Å². The number of thiophene rings is 1. The van der Waals surface area contributed by atoms with Gasteiger partial charge in [0.05, 0.1) is 13.1 Å². The van der Waals surface area contributed by atoms with E-state index in [1.54, 1.807) is 11.3 Å². The van der Waals surface area contributed by atoms with Crippen LogP contribution in [0, 0.1) is 0 Å². The molecule has 136 valence electrons. The molecule has 0 spiro atoms. The van der Waals surface area contributed by atoms with E-state index in [1.165, 1.54) is 11.1 Å². The van der Waals surface area contributed by atoms with Crippen molar-refractivity contribution in [1.82, 2.24) is 0 Å². The fourth-order valence-electron chi connectivity index (χ4n) is 2.16. The third-order valence-corrected chi connectivity index (χ3v) is 4.27. The van der Waals surface area contributed by atoms with Crippen molar-refractivity contribution in [1.29, 1.82) is 0 Å². The van der Waals surface area contributed by atoms with Gasteiger partial charge in [-0.3, -0.25) is 9.98 Å². The minimum absolute atomic E-state index is 0.194. The van der Waals surface area contributed by atoms with E-state index in [0.717, 1.165) is 22.8 Å². The molecule has 0 unspecified atom stereocenters. The van der Waals surface area contributed by atoms with Crippen LogP contribution >= 0.6 is 31.5 Å². The fourth-order valence-corrected chi connectivity index (χ4v) is 2.95. The summed E-state index contributed by atoms with van der Waals surface area (Å²) in [4.78, 5) is 11.3. The molecule has 3 rings (SSSR count). The molecule has 0 aliphatic rings. The van der Waals surface area contributed by atoms with Gasteiger partial charge in [-0.15, -0.1) is 11.3 Å². The van der Waals surface area contributed by atoms with E-state index in [2.05, 4.69) is 46.4 Å². The second-order valence-electron chi connectivity index (χ2n) is 5.20. The first-order valence-electron chi connectivity index (χ1n) is 7.84. The molecule has 0 radical (unpaired) electrons. The van der Waals surface area contributed by atoms with Gasteiger partial charge >= 0.3 is 33.3 Å². The second kappa shape index (κ2) is 12.9. The van der Waals surface area contributed by atoms with Crippen LogP contribution in [0.2, 0.25) is 0 Å². The van der Waals surface area contributed by atoms with Crippen LogP contribution in [0.15, 0.2) is 82.8 Å². The van der Waals surface area contributed by atoms with Gasteiger partial charge in [-0.05, 0) is 23.3 Å². The quantitative estimate of drug-likeness (QED) is 0.312. The number of hydrogen-bond acceptors (Lipinski definition) is 3. The molecule has 1 aromatic heterocycles. The molecule has 6 heteroatoms. The van der Waals surface area contributed by atoms with Crippen molar-refractivity contribution in [2.75, 3.05) is 0 Å². The monoisotopic (exact) mass is 444 g/mol. The maximum atomic E-state index is 4.76. The number of rotatable bonds is 6. The normalized spacial score (nSPS) is 11.0. The summed E-state index contributed by atoms with van der Waals surface area (Å²) in [6.45, 7) is 1.44. The Balaban J connectivity index is 0.000000758. The van der Waals surface area contributed by atoms with Crippen LogP contribution in [0.4, 0.5) is 0 Å². The van der Waals surface area contributed by atoms with Crippen molar-refractivity contribution >= 4 is 44.0 Å². The predicted octanol–water partition coefficient (Wildman–Crippen LogP) is 6.36. The average molecular weight is 445 g/mol. The Kier molecular flexibility index (Phi) is 10.3. The Morgan fingerprint density at radius 1 is 0.692 bits per heavy atom. The van der Waals surface area contributed by atoms with E-state index in [1.807, 2.05) is 48.8 Å². The summed E-state index contributed by atoms with van der Waals surface area (Å²) >= 11 is 1.90. The average Bonchev–Trinajstić information content (AvgIpc) is 3.12. The van der Waals surface area contributed by atoms with Crippen LogP contribution in [0.1, 0.15) is 20.9 Å². The summed E-state index contributed by atoms with van der Waals surface area (Å²) < 4.78 is 0. The van der Waals surface area contributed by atoms with E-state index >= 15 is 0 Å². The molecular weight excluding hydrogens is 427 g/mol. The molecule has 3 aromatic rings.